The topological polar surface area (TPSA) is 152 Å². The number of piperazine rings is 1. The highest BCUT2D eigenvalue weighted by molar-refractivity contribution is 7.88. The third-order valence-corrected chi connectivity index (χ3v) is 9.43. The fourth-order valence-electron chi connectivity index (χ4n) is 4.69. The number of ether oxygens (including phenoxy) is 1. The molecule has 214 valence electrons. The van der Waals surface area contributed by atoms with Crippen LogP contribution in [0.25, 0.3) is 5.69 Å². The number of benzene rings is 2. The Bertz CT molecular complexity index is 1710. The molecule has 0 bridgehead atoms. The summed E-state index contributed by atoms with van der Waals surface area (Å²) >= 11 is 6.13. The molecule has 3 aromatic rings. The number of aromatic nitrogens is 2. The van der Waals surface area contributed by atoms with E-state index in [0.29, 0.717) is 23.0 Å². The Hall–Kier alpha value is -3.99. The van der Waals surface area contributed by atoms with Crippen molar-refractivity contribution in [2.75, 3.05) is 37.7 Å². The van der Waals surface area contributed by atoms with E-state index in [2.05, 4.69) is 12.0 Å². The van der Waals surface area contributed by atoms with E-state index in [0.717, 1.165) is 12.8 Å². The highest BCUT2D eigenvalue weighted by Crippen LogP contribution is 2.45. The van der Waals surface area contributed by atoms with Crippen LogP contribution in [0.4, 0.5) is 11.4 Å². The number of nitro groups is 1. The fourth-order valence-corrected chi connectivity index (χ4v) is 6.41. The number of nitro benzene ring substituents is 1. The number of nitriles is 1. The van der Waals surface area contributed by atoms with Gasteiger partial charge in [0.25, 0.3) is 5.69 Å². The largest absolute Gasteiger partial charge is 0.486 e. The second-order valence-corrected chi connectivity index (χ2v) is 12.9. The van der Waals surface area contributed by atoms with Crippen LogP contribution in [-0.4, -0.2) is 60.2 Å². The molecule has 1 aliphatic carbocycles. The molecule has 0 spiro atoms. The normalized spacial score (nSPS) is 16.7. The molecule has 5 rings (SSSR count). The minimum absolute atomic E-state index is 0.00605. The van der Waals surface area contributed by atoms with Gasteiger partial charge in [-0.05, 0) is 37.1 Å². The van der Waals surface area contributed by atoms with Crippen molar-refractivity contribution < 1.29 is 18.1 Å². The van der Waals surface area contributed by atoms with Gasteiger partial charge in [-0.2, -0.15) is 19.3 Å². The number of nitrogens with zero attached hydrogens (tertiary/aromatic N) is 6. The highest BCUT2D eigenvalue weighted by Gasteiger charge is 2.39. The molecule has 0 unspecified atom stereocenters. The smallest absolute Gasteiger partial charge is 0.316 e. The molecule has 2 heterocycles. The SMILES string of the molecule is CC1(COc2c(N3CCN(S(=O)(=O)Cc4cccc(C#N)c4[N+](=O)[O-])CC3)cnn(-c3cccc(Cl)c3)c2=O)CC1. The lowest BCUT2D eigenvalue weighted by molar-refractivity contribution is -0.385. The summed E-state index contributed by atoms with van der Waals surface area (Å²) in [6.45, 7) is 3.11. The predicted octanol–water partition coefficient (Wildman–Crippen LogP) is 3.50. The van der Waals surface area contributed by atoms with Gasteiger partial charge in [0.2, 0.25) is 15.8 Å². The lowest BCUT2D eigenvalue weighted by Gasteiger charge is -2.35. The molecule has 14 heteroatoms. The van der Waals surface area contributed by atoms with Crippen molar-refractivity contribution in [3.63, 3.8) is 0 Å². The average Bonchev–Trinajstić information content (AvgIpc) is 3.68. The number of anilines is 1. The van der Waals surface area contributed by atoms with E-state index in [4.69, 9.17) is 16.3 Å². The number of sulfonamides is 1. The van der Waals surface area contributed by atoms with Gasteiger partial charge in [0.15, 0.2) is 0 Å². The minimum atomic E-state index is -3.94. The summed E-state index contributed by atoms with van der Waals surface area (Å²) in [4.78, 5) is 26.3. The molecule has 1 saturated carbocycles. The van der Waals surface area contributed by atoms with Crippen molar-refractivity contribution in [2.45, 2.75) is 25.5 Å². The number of hydrogen-bond acceptors (Lipinski definition) is 9. The third-order valence-electron chi connectivity index (χ3n) is 7.37. The van der Waals surface area contributed by atoms with E-state index < -0.39 is 31.9 Å². The quantitative estimate of drug-likeness (QED) is 0.266. The zero-order chi connectivity index (χ0) is 29.4. The molecule has 2 fully saturated rings. The van der Waals surface area contributed by atoms with Crippen LogP contribution in [0.1, 0.15) is 30.9 Å². The van der Waals surface area contributed by atoms with Crippen LogP contribution in [-0.2, 0) is 15.8 Å². The molecule has 1 aliphatic heterocycles. The van der Waals surface area contributed by atoms with Crippen LogP contribution in [0, 0.1) is 26.9 Å². The maximum absolute atomic E-state index is 13.6. The monoisotopic (exact) mass is 598 g/mol. The van der Waals surface area contributed by atoms with Crippen molar-refractivity contribution >= 4 is 33.0 Å². The second-order valence-electron chi connectivity index (χ2n) is 10.5. The van der Waals surface area contributed by atoms with Gasteiger partial charge in [-0.1, -0.05) is 36.7 Å². The first-order valence-electron chi connectivity index (χ1n) is 12.9. The molecule has 1 aromatic heterocycles. The molecular weight excluding hydrogens is 572 g/mol. The van der Waals surface area contributed by atoms with Gasteiger partial charge in [0.1, 0.15) is 17.3 Å². The van der Waals surface area contributed by atoms with Crippen molar-refractivity contribution in [1.29, 1.82) is 5.26 Å². The standard InChI is InChI=1S/C27H27ClN6O6S/c1-27(8-9-27)18-40-25-23(16-30-33(26(25)35)22-7-3-6-21(28)14-22)31-10-12-32(13-11-31)41(38,39)17-20-5-2-4-19(15-29)24(20)34(36)37/h2-7,14,16H,8-13,17-18H2,1H3. The molecule has 2 aromatic carbocycles. The van der Waals surface area contributed by atoms with Gasteiger partial charge in [-0.25, -0.2) is 8.42 Å². The number of halogens is 1. The first kappa shape index (κ1) is 28.5. The molecule has 2 aliphatic rings. The Balaban J connectivity index is 1.38. The fraction of sp³-hybridized carbons (Fsp3) is 0.370. The van der Waals surface area contributed by atoms with Gasteiger partial charge in [0.05, 0.1) is 29.2 Å². The van der Waals surface area contributed by atoms with Gasteiger partial charge < -0.3 is 9.64 Å². The van der Waals surface area contributed by atoms with Crippen molar-refractivity contribution in [3.05, 3.63) is 85.3 Å². The first-order valence-corrected chi connectivity index (χ1v) is 14.9. The van der Waals surface area contributed by atoms with Crippen molar-refractivity contribution in [3.8, 4) is 17.5 Å². The zero-order valence-corrected chi connectivity index (χ0v) is 23.8. The van der Waals surface area contributed by atoms with Crippen LogP contribution < -0.4 is 15.2 Å². The average molecular weight is 599 g/mol. The Morgan fingerprint density at radius 3 is 2.51 bits per heavy atom. The number of para-hydroxylation sites is 1. The third kappa shape index (κ3) is 6.04. The predicted molar refractivity (Wildman–Crippen MR) is 152 cm³/mol. The summed E-state index contributed by atoms with van der Waals surface area (Å²) in [5, 5.41) is 25.6. The summed E-state index contributed by atoms with van der Waals surface area (Å²) in [6.07, 6.45) is 3.54. The lowest BCUT2D eigenvalue weighted by Crippen LogP contribution is -2.49. The molecule has 0 atom stereocenters. The van der Waals surface area contributed by atoms with Gasteiger partial charge >= 0.3 is 5.56 Å². The van der Waals surface area contributed by atoms with Gasteiger partial charge in [-0.3, -0.25) is 14.9 Å². The summed E-state index contributed by atoms with van der Waals surface area (Å²) in [7, 11) is -3.94. The molecule has 41 heavy (non-hydrogen) atoms. The van der Waals surface area contributed by atoms with E-state index in [1.165, 1.54) is 33.4 Å². The van der Waals surface area contributed by atoms with Gasteiger partial charge in [0, 0.05) is 42.2 Å². The maximum Gasteiger partial charge on any atom is 0.316 e. The molecule has 0 N–H and O–H groups in total. The summed E-state index contributed by atoms with van der Waals surface area (Å²) in [5.74, 6) is -0.475. The summed E-state index contributed by atoms with van der Waals surface area (Å²) in [5.41, 5.74) is -0.237. The minimum Gasteiger partial charge on any atom is -0.486 e. The van der Waals surface area contributed by atoms with Crippen LogP contribution >= 0.6 is 11.6 Å². The molecular formula is C27H27ClN6O6S. The Labute approximate surface area is 241 Å². The number of rotatable bonds is 9. The molecule has 0 radical (unpaired) electrons. The molecule has 12 nitrogen and oxygen atoms in total. The van der Waals surface area contributed by atoms with Crippen LogP contribution in [0.15, 0.2) is 53.5 Å². The maximum atomic E-state index is 13.6. The van der Waals surface area contributed by atoms with E-state index in [1.807, 2.05) is 4.90 Å². The van der Waals surface area contributed by atoms with Crippen LogP contribution in [0.2, 0.25) is 5.02 Å². The van der Waals surface area contributed by atoms with E-state index in [-0.39, 0.29) is 48.5 Å². The van der Waals surface area contributed by atoms with Crippen LogP contribution in [0.5, 0.6) is 5.75 Å². The van der Waals surface area contributed by atoms with E-state index in [9.17, 15) is 28.6 Å². The summed E-state index contributed by atoms with van der Waals surface area (Å²) in [6, 6.07) is 12.6. The first-order chi connectivity index (χ1) is 19.5. The van der Waals surface area contributed by atoms with Gasteiger partial charge in [-0.15, -0.1) is 0 Å². The Kier molecular flexibility index (Phi) is 7.74. The van der Waals surface area contributed by atoms with Crippen LogP contribution in [0.3, 0.4) is 0 Å². The lowest BCUT2D eigenvalue weighted by atomic mass is 10.1. The Morgan fingerprint density at radius 2 is 1.88 bits per heavy atom. The zero-order valence-electron chi connectivity index (χ0n) is 22.2. The van der Waals surface area contributed by atoms with E-state index >= 15 is 0 Å². The van der Waals surface area contributed by atoms with E-state index in [1.54, 1.807) is 30.3 Å². The van der Waals surface area contributed by atoms with Crippen molar-refractivity contribution in [2.24, 2.45) is 5.41 Å². The Morgan fingerprint density at radius 1 is 1.17 bits per heavy atom. The second kappa shape index (κ2) is 11.1. The number of hydrogen-bond donors (Lipinski definition) is 0. The molecule has 1 saturated heterocycles. The molecule has 0 amide bonds. The summed E-state index contributed by atoms with van der Waals surface area (Å²) < 4.78 is 35.1. The highest BCUT2D eigenvalue weighted by atomic mass is 35.5. The van der Waals surface area contributed by atoms with Crippen molar-refractivity contribution in [1.82, 2.24) is 14.1 Å².